The van der Waals surface area contributed by atoms with Gasteiger partial charge in [-0.05, 0) is 25.7 Å². The zero-order valence-corrected chi connectivity index (χ0v) is 9.85. The van der Waals surface area contributed by atoms with Gasteiger partial charge in [-0.3, -0.25) is 0 Å². The van der Waals surface area contributed by atoms with E-state index in [0.29, 0.717) is 6.61 Å². The summed E-state index contributed by atoms with van der Waals surface area (Å²) in [5, 5.41) is 10.4. The van der Waals surface area contributed by atoms with E-state index in [0.717, 1.165) is 44.5 Å². The van der Waals surface area contributed by atoms with Gasteiger partial charge in [0.05, 0.1) is 5.60 Å². The summed E-state index contributed by atoms with van der Waals surface area (Å²) in [7, 11) is 1.99. The molecule has 1 saturated heterocycles. The molecule has 4 heteroatoms. The molecule has 2 heterocycles. The molecule has 16 heavy (non-hydrogen) atoms. The van der Waals surface area contributed by atoms with Crippen LogP contribution in [-0.2, 0) is 18.2 Å². The Balaban J connectivity index is 1.90. The van der Waals surface area contributed by atoms with E-state index >= 15 is 0 Å². The lowest BCUT2D eigenvalue weighted by Crippen LogP contribution is -2.29. The Kier molecular flexibility index (Phi) is 3.61. The average molecular weight is 224 g/mol. The molecular weight excluding hydrogens is 204 g/mol. The lowest BCUT2D eigenvalue weighted by atomic mass is 9.90. The van der Waals surface area contributed by atoms with E-state index in [1.165, 1.54) is 0 Å². The fourth-order valence-electron chi connectivity index (χ4n) is 2.22. The Labute approximate surface area is 96.3 Å². The van der Waals surface area contributed by atoms with Crippen LogP contribution >= 0.6 is 0 Å². The second kappa shape index (κ2) is 4.97. The van der Waals surface area contributed by atoms with Crippen molar-refractivity contribution in [1.29, 1.82) is 0 Å². The highest BCUT2D eigenvalue weighted by Gasteiger charge is 2.28. The van der Waals surface area contributed by atoms with E-state index in [-0.39, 0.29) is 0 Å². The van der Waals surface area contributed by atoms with Crippen molar-refractivity contribution in [2.75, 3.05) is 13.2 Å². The van der Waals surface area contributed by atoms with Crippen molar-refractivity contribution in [2.45, 2.75) is 37.7 Å². The first-order valence-corrected chi connectivity index (χ1v) is 5.96. The highest BCUT2D eigenvalue weighted by molar-refractivity contribution is 4.94. The lowest BCUT2D eigenvalue weighted by Gasteiger charge is -2.25. The highest BCUT2D eigenvalue weighted by atomic mass is 16.5. The first-order valence-electron chi connectivity index (χ1n) is 5.96. The average Bonchev–Trinajstić information content (AvgIpc) is 2.54. The van der Waals surface area contributed by atoms with Gasteiger partial charge in [-0.1, -0.05) is 0 Å². The van der Waals surface area contributed by atoms with E-state index in [1.807, 2.05) is 17.8 Å². The molecule has 0 spiro atoms. The summed E-state index contributed by atoms with van der Waals surface area (Å²) < 4.78 is 7.38. The van der Waals surface area contributed by atoms with Crippen molar-refractivity contribution in [2.24, 2.45) is 7.05 Å². The minimum Gasteiger partial charge on any atom is -0.390 e. The SMILES string of the molecule is Cn1ccnc1CCC1(O)CCCOCC1. The van der Waals surface area contributed by atoms with Crippen molar-refractivity contribution in [3.63, 3.8) is 0 Å². The Morgan fingerprint density at radius 2 is 2.38 bits per heavy atom. The number of hydrogen-bond donors (Lipinski definition) is 1. The van der Waals surface area contributed by atoms with Gasteiger partial charge in [-0.25, -0.2) is 4.98 Å². The van der Waals surface area contributed by atoms with Crippen molar-refractivity contribution in [1.82, 2.24) is 9.55 Å². The van der Waals surface area contributed by atoms with Crippen LogP contribution in [0.4, 0.5) is 0 Å². The van der Waals surface area contributed by atoms with Gasteiger partial charge in [-0.15, -0.1) is 0 Å². The number of nitrogens with zero attached hydrogens (tertiary/aromatic N) is 2. The van der Waals surface area contributed by atoms with E-state index in [1.54, 1.807) is 6.20 Å². The number of aliphatic hydroxyl groups is 1. The molecule has 0 amide bonds. The van der Waals surface area contributed by atoms with E-state index in [2.05, 4.69) is 4.98 Å². The van der Waals surface area contributed by atoms with Crippen LogP contribution in [0.2, 0.25) is 0 Å². The van der Waals surface area contributed by atoms with Crippen LogP contribution in [0.1, 0.15) is 31.5 Å². The summed E-state index contributed by atoms with van der Waals surface area (Å²) in [6.45, 7) is 1.46. The zero-order chi connectivity index (χ0) is 11.4. The second-order valence-electron chi connectivity index (χ2n) is 4.64. The third-order valence-electron chi connectivity index (χ3n) is 3.38. The summed E-state index contributed by atoms with van der Waals surface area (Å²) in [6, 6.07) is 0. The Morgan fingerprint density at radius 3 is 3.12 bits per heavy atom. The molecule has 0 bridgehead atoms. The topological polar surface area (TPSA) is 47.3 Å². The third kappa shape index (κ3) is 2.83. The fourth-order valence-corrected chi connectivity index (χ4v) is 2.22. The summed E-state index contributed by atoms with van der Waals surface area (Å²) in [5.41, 5.74) is -0.553. The standard InChI is InChI=1S/C12H20N2O2/c1-14-8-7-13-11(14)3-5-12(15)4-2-9-16-10-6-12/h7-8,15H,2-6,9-10H2,1H3. The molecule has 1 atom stereocenters. The molecule has 1 aliphatic heterocycles. The lowest BCUT2D eigenvalue weighted by molar-refractivity contribution is 0.0104. The van der Waals surface area contributed by atoms with E-state index < -0.39 is 5.60 Å². The van der Waals surface area contributed by atoms with Crippen LogP contribution in [-0.4, -0.2) is 33.5 Å². The molecule has 0 aromatic carbocycles. The minimum atomic E-state index is -0.553. The van der Waals surface area contributed by atoms with Crippen LogP contribution in [0.3, 0.4) is 0 Å². The summed E-state index contributed by atoms with van der Waals surface area (Å²) >= 11 is 0. The summed E-state index contributed by atoms with van der Waals surface area (Å²) in [4.78, 5) is 4.28. The van der Waals surface area contributed by atoms with Gasteiger partial charge in [-0.2, -0.15) is 0 Å². The quantitative estimate of drug-likeness (QED) is 0.841. The number of hydrogen-bond acceptors (Lipinski definition) is 3. The van der Waals surface area contributed by atoms with E-state index in [9.17, 15) is 5.11 Å². The first kappa shape index (κ1) is 11.6. The molecule has 1 fully saturated rings. The predicted octanol–water partition coefficient (Wildman–Crippen LogP) is 1.28. The smallest absolute Gasteiger partial charge is 0.108 e. The number of aryl methyl sites for hydroxylation is 2. The molecule has 90 valence electrons. The fraction of sp³-hybridized carbons (Fsp3) is 0.750. The normalized spacial score (nSPS) is 26.6. The van der Waals surface area contributed by atoms with Crippen LogP contribution in [0.5, 0.6) is 0 Å². The van der Waals surface area contributed by atoms with Gasteiger partial charge in [0.15, 0.2) is 0 Å². The van der Waals surface area contributed by atoms with Crippen molar-refractivity contribution in [3.05, 3.63) is 18.2 Å². The maximum atomic E-state index is 10.4. The van der Waals surface area contributed by atoms with Gasteiger partial charge in [0, 0.05) is 39.1 Å². The van der Waals surface area contributed by atoms with Gasteiger partial charge in [0.1, 0.15) is 5.82 Å². The molecule has 1 aliphatic rings. The summed E-state index contributed by atoms with van der Waals surface area (Å²) in [5.74, 6) is 1.04. The molecule has 1 aromatic rings. The molecule has 4 nitrogen and oxygen atoms in total. The Morgan fingerprint density at radius 1 is 1.50 bits per heavy atom. The molecule has 0 aliphatic carbocycles. The second-order valence-corrected chi connectivity index (χ2v) is 4.64. The predicted molar refractivity (Wildman–Crippen MR) is 61.1 cm³/mol. The number of imidazole rings is 1. The van der Waals surface area contributed by atoms with E-state index in [4.69, 9.17) is 4.74 Å². The van der Waals surface area contributed by atoms with Gasteiger partial charge >= 0.3 is 0 Å². The molecule has 1 aromatic heterocycles. The monoisotopic (exact) mass is 224 g/mol. The van der Waals surface area contributed by atoms with Crippen LogP contribution in [0.15, 0.2) is 12.4 Å². The molecule has 1 N–H and O–H groups in total. The Bertz CT molecular complexity index is 328. The van der Waals surface area contributed by atoms with Crippen molar-refractivity contribution >= 4 is 0 Å². The largest absolute Gasteiger partial charge is 0.390 e. The number of rotatable bonds is 3. The van der Waals surface area contributed by atoms with Gasteiger partial charge in [0.25, 0.3) is 0 Å². The first-order chi connectivity index (χ1) is 7.70. The number of aromatic nitrogens is 2. The van der Waals surface area contributed by atoms with Crippen LogP contribution < -0.4 is 0 Å². The minimum absolute atomic E-state index is 0.553. The highest BCUT2D eigenvalue weighted by Crippen LogP contribution is 2.26. The Hall–Kier alpha value is -0.870. The molecule has 0 saturated carbocycles. The molecule has 2 rings (SSSR count). The maximum Gasteiger partial charge on any atom is 0.108 e. The molecular formula is C12H20N2O2. The van der Waals surface area contributed by atoms with Crippen molar-refractivity contribution in [3.8, 4) is 0 Å². The van der Waals surface area contributed by atoms with Crippen LogP contribution in [0, 0.1) is 0 Å². The van der Waals surface area contributed by atoms with Crippen molar-refractivity contribution < 1.29 is 9.84 Å². The summed E-state index contributed by atoms with van der Waals surface area (Å²) in [6.07, 6.45) is 7.90. The third-order valence-corrected chi connectivity index (χ3v) is 3.38. The molecule has 0 radical (unpaired) electrons. The molecule has 1 unspecified atom stereocenters. The number of ether oxygens (including phenoxy) is 1. The van der Waals surface area contributed by atoms with Crippen LogP contribution in [0.25, 0.3) is 0 Å². The zero-order valence-electron chi connectivity index (χ0n) is 9.85. The maximum absolute atomic E-state index is 10.4. The van der Waals surface area contributed by atoms with Gasteiger partial charge in [0.2, 0.25) is 0 Å². The van der Waals surface area contributed by atoms with Gasteiger partial charge < -0.3 is 14.4 Å².